The molecular formula is C16H13F3N4O3. The number of rotatable bonds is 5. The van der Waals surface area contributed by atoms with Crippen molar-refractivity contribution in [3.8, 4) is 17.3 Å². The summed E-state index contributed by atoms with van der Waals surface area (Å²) < 4.78 is 47.4. The quantitative estimate of drug-likeness (QED) is 0.751. The topological polar surface area (TPSA) is 82.2 Å². The lowest BCUT2D eigenvalue weighted by atomic mass is 10.2. The SMILES string of the molecule is Cn1cccc1-c1noc(CNC(=O)c2cccc(OC(F)(F)F)c2)n1. The van der Waals surface area contributed by atoms with Crippen molar-refractivity contribution in [2.45, 2.75) is 12.9 Å². The number of hydrogen-bond acceptors (Lipinski definition) is 5. The predicted octanol–water partition coefficient (Wildman–Crippen LogP) is 2.90. The molecule has 26 heavy (non-hydrogen) atoms. The van der Waals surface area contributed by atoms with Gasteiger partial charge in [0, 0.05) is 18.8 Å². The molecule has 0 aliphatic carbocycles. The molecule has 0 radical (unpaired) electrons. The van der Waals surface area contributed by atoms with Gasteiger partial charge in [-0.15, -0.1) is 13.2 Å². The van der Waals surface area contributed by atoms with Crippen LogP contribution < -0.4 is 10.1 Å². The van der Waals surface area contributed by atoms with Crippen LogP contribution >= 0.6 is 0 Å². The first-order valence-electron chi connectivity index (χ1n) is 7.40. The number of aromatic nitrogens is 3. The molecule has 1 aromatic carbocycles. The summed E-state index contributed by atoms with van der Waals surface area (Å²) in [7, 11) is 1.82. The van der Waals surface area contributed by atoms with Crippen molar-refractivity contribution >= 4 is 5.91 Å². The average Bonchev–Trinajstić information content (AvgIpc) is 3.19. The van der Waals surface area contributed by atoms with Crippen molar-refractivity contribution in [3.63, 3.8) is 0 Å². The zero-order valence-corrected chi connectivity index (χ0v) is 13.4. The number of nitrogens with zero attached hydrogens (tertiary/aromatic N) is 3. The fourth-order valence-corrected chi connectivity index (χ4v) is 2.22. The standard InChI is InChI=1S/C16H13F3N4O3/c1-23-7-3-6-12(23)14-21-13(26-22-14)9-20-15(24)10-4-2-5-11(8-10)25-16(17,18)19/h2-8H,9H2,1H3,(H,20,24). The molecule has 1 amide bonds. The zero-order valence-electron chi connectivity index (χ0n) is 13.4. The molecular weight excluding hydrogens is 353 g/mol. The molecule has 2 aromatic heterocycles. The minimum Gasteiger partial charge on any atom is -0.406 e. The molecule has 10 heteroatoms. The molecule has 0 atom stereocenters. The Labute approximate surface area is 145 Å². The van der Waals surface area contributed by atoms with Crippen LogP contribution in [-0.2, 0) is 13.6 Å². The summed E-state index contributed by atoms with van der Waals surface area (Å²) in [5.74, 6) is -0.551. The van der Waals surface area contributed by atoms with E-state index in [9.17, 15) is 18.0 Å². The number of ether oxygens (including phenoxy) is 1. The molecule has 2 heterocycles. The molecule has 3 rings (SSSR count). The normalized spacial score (nSPS) is 11.4. The van der Waals surface area contributed by atoms with Gasteiger partial charge in [-0.2, -0.15) is 4.98 Å². The molecule has 1 N–H and O–H groups in total. The maximum absolute atomic E-state index is 12.2. The van der Waals surface area contributed by atoms with Crippen LogP contribution in [0.4, 0.5) is 13.2 Å². The lowest BCUT2D eigenvalue weighted by Gasteiger charge is -2.09. The Balaban J connectivity index is 1.64. The predicted molar refractivity (Wildman–Crippen MR) is 83.0 cm³/mol. The number of carbonyl (C=O) groups excluding carboxylic acids is 1. The minimum atomic E-state index is -4.83. The van der Waals surface area contributed by atoms with Gasteiger partial charge in [0.1, 0.15) is 5.75 Å². The molecule has 0 spiro atoms. The number of amides is 1. The van der Waals surface area contributed by atoms with Crippen molar-refractivity contribution in [2.75, 3.05) is 0 Å². The molecule has 0 saturated heterocycles. The summed E-state index contributed by atoms with van der Waals surface area (Å²) in [6.07, 6.45) is -3.00. The number of hydrogen-bond donors (Lipinski definition) is 1. The van der Waals surface area contributed by atoms with E-state index in [1.807, 2.05) is 19.3 Å². The van der Waals surface area contributed by atoms with Gasteiger partial charge in [-0.05, 0) is 30.3 Å². The third kappa shape index (κ3) is 4.21. The molecule has 136 valence electrons. The van der Waals surface area contributed by atoms with Gasteiger partial charge in [-0.25, -0.2) is 0 Å². The smallest absolute Gasteiger partial charge is 0.406 e. The average molecular weight is 366 g/mol. The van der Waals surface area contributed by atoms with Crippen molar-refractivity contribution in [1.29, 1.82) is 0 Å². The van der Waals surface area contributed by atoms with Gasteiger partial charge in [0.15, 0.2) is 0 Å². The third-order valence-electron chi connectivity index (χ3n) is 3.37. The van der Waals surface area contributed by atoms with E-state index in [1.54, 1.807) is 10.6 Å². The van der Waals surface area contributed by atoms with Crippen LogP contribution in [0.5, 0.6) is 5.75 Å². The maximum atomic E-state index is 12.2. The molecule has 0 fully saturated rings. The van der Waals surface area contributed by atoms with E-state index in [1.165, 1.54) is 12.1 Å². The second-order valence-electron chi connectivity index (χ2n) is 5.27. The lowest BCUT2D eigenvalue weighted by Crippen LogP contribution is -2.23. The fraction of sp³-hybridized carbons (Fsp3) is 0.188. The zero-order chi connectivity index (χ0) is 18.7. The highest BCUT2D eigenvalue weighted by Crippen LogP contribution is 2.23. The van der Waals surface area contributed by atoms with Crippen molar-refractivity contribution in [3.05, 3.63) is 54.0 Å². The van der Waals surface area contributed by atoms with Gasteiger partial charge in [0.25, 0.3) is 5.91 Å². The van der Waals surface area contributed by atoms with Crippen LogP contribution in [0, 0.1) is 0 Å². The number of alkyl halides is 3. The summed E-state index contributed by atoms with van der Waals surface area (Å²) >= 11 is 0. The number of benzene rings is 1. The molecule has 0 saturated carbocycles. The van der Waals surface area contributed by atoms with Crippen molar-refractivity contribution in [1.82, 2.24) is 20.0 Å². The first kappa shape index (κ1) is 17.5. The van der Waals surface area contributed by atoms with Crippen LogP contribution in [0.15, 0.2) is 47.1 Å². The van der Waals surface area contributed by atoms with Gasteiger partial charge < -0.3 is 19.1 Å². The second-order valence-corrected chi connectivity index (χ2v) is 5.27. The molecule has 0 aliphatic rings. The van der Waals surface area contributed by atoms with Crippen LogP contribution in [-0.4, -0.2) is 27.0 Å². The Morgan fingerprint density at radius 1 is 1.31 bits per heavy atom. The Morgan fingerprint density at radius 2 is 2.12 bits per heavy atom. The molecule has 0 unspecified atom stereocenters. The minimum absolute atomic E-state index is 0.00826. The molecule has 0 bridgehead atoms. The summed E-state index contributed by atoms with van der Waals surface area (Å²) in [6.45, 7) is -0.0688. The van der Waals surface area contributed by atoms with Crippen LogP contribution in [0.3, 0.4) is 0 Å². The van der Waals surface area contributed by atoms with E-state index in [2.05, 4.69) is 20.2 Å². The van der Waals surface area contributed by atoms with Gasteiger partial charge in [0.05, 0.1) is 12.2 Å². The number of carbonyl (C=O) groups is 1. The highest BCUT2D eigenvalue weighted by atomic mass is 19.4. The largest absolute Gasteiger partial charge is 0.573 e. The van der Waals surface area contributed by atoms with Gasteiger partial charge in [-0.3, -0.25) is 4.79 Å². The van der Waals surface area contributed by atoms with Crippen LogP contribution in [0.1, 0.15) is 16.2 Å². The Hall–Kier alpha value is -3.30. The molecule has 7 nitrogen and oxygen atoms in total. The van der Waals surface area contributed by atoms with Crippen LogP contribution in [0.25, 0.3) is 11.5 Å². The van der Waals surface area contributed by atoms with Gasteiger partial charge in [0.2, 0.25) is 11.7 Å². The van der Waals surface area contributed by atoms with Crippen molar-refractivity contribution < 1.29 is 27.2 Å². The van der Waals surface area contributed by atoms with Gasteiger partial charge in [-0.1, -0.05) is 11.2 Å². The Kier molecular flexibility index (Phi) is 4.65. The number of nitrogens with one attached hydrogen (secondary N) is 1. The number of halogens is 3. The first-order chi connectivity index (χ1) is 12.3. The molecule has 0 aliphatic heterocycles. The molecule has 3 aromatic rings. The monoisotopic (exact) mass is 366 g/mol. The highest BCUT2D eigenvalue weighted by Gasteiger charge is 2.31. The highest BCUT2D eigenvalue weighted by molar-refractivity contribution is 5.94. The van der Waals surface area contributed by atoms with Gasteiger partial charge >= 0.3 is 6.36 Å². The number of aryl methyl sites for hydroxylation is 1. The Morgan fingerprint density at radius 3 is 2.81 bits per heavy atom. The Bertz CT molecular complexity index is 917. The summed E-state index contributed by atoms with van der Waals surface area (Å²) in [6, 6.07) is 8.38. The maximum Gasteiger partial charge on any atom is 0.573 e. The fourth-order valence-electron chi connectivity index (χ4n) is 2.22. The van der Waals surface area contributed by atoms with E-state index in [-0.39, 0.29) is 18.0 Å². The lowest BCUT2D eigenvalue weighted by molar-refractivity contribution is -0.274. The van der Waals surface area contributed by atoms with E-state index in [4.69, 9.17) is 4.52 Å². The van der Waals surface area contributed by atoms with E-state index in [0.29, 0.717) is 5.82 Å². The van der Waals surface area contributed by atoms with E-state index < -0.39 is 18.0 Å². The van der Waals surface area contributed by atoms with Crippen molar-refractivity contribution in [2.24, 2.45) is 7.05 Å². The first-order valence-corrected chi connectivity index (χ1v) is 7.40. The third-order valence-corrected chi connectivity index (χ3v) is 3.37. The summed E-state index contributed by atoms with van der Waals surface area (Å²) in [5.41, 5.74) is 0.747. The van der Waals surface area contributed by atoms with E-state index >= 15 is 0 Å². The second kappa shape index (κ2) is 6.90. The van der Waals surface area contributed by atoms with Crippen LogP contribution in [0.2, 0.25) is 0 Å². The summed E-state index contributed by atoms with van der Waals surface area (Å²) in [4.78, 5) is 16.2. The summed E-state index contributed by atoms with van der Waals surface area (Å²) in [5, 5.41) is 6.32. The van der Waals surface area contributed by atoms with E-state index in [0.717, 1.165) is 17.8 Å².